The highest BCUT2D eigenvalue weighted by molar-refractivity contribution is 7.80. The highest BCUT2D eigenvalue weighted by Crippen LogP contribution is 2.25. The van der Waals surface area contributed by atoms with Gasteiger partial charge in [-0.05, 0) is 87.4 Å². The van der Waals surface area contributed by atoms with Crippen LogP contribution in [0.25, 0.3) is 16.7 Å². The normalized spacial score (nSPS) is 10.8. The van der Waals surface area contributed by atoms with Gasteiger partial charge in [0.2, 0.25) is 0 Å². The van der Waals surface area contributed by atoms with Gasteiger partial charge in [0, 0.05) is 30.5 Å². The minimum absolute atomic E-state index is 0.0147. The second kappa shape index (κ2) is 10.7. The van der Waals surface area contributed by atoms with Crippen molar-refractivity contribution < 1.29 is 9.72 Å². The summed E-state index contributed by atoms with van der Waals surface area (Å²) in [7, 11) is 0. The highest BCUT2D eigenvalue weighted by atomic mass is 32.1. The quantitative estimate of drug-likeness (QED) is 0.202. The highest BCUT2D eigenvalue weighted by Gasteiger charge is 2.20. The number of nitro benzene ring substituents is 1. The van der Waals surface area contributed by atoms with Gasteiger partial charge in [-0.15, -0.1) is 10.2 Å². The Balaban J connectivity index is 1.55. The summed E-state index contributed by atoms with van der Waals surface area (Å²) in [6, 6.07) is 15.6. The molecule has 0 aliphatic carbocycles. The first kappa shape index (κ1) is 25.7. The van der Waals surface area contributed by atoms with Crippen LogP contribution in [0.4, 0.5) is 17.1 Å². The molecule has 0 atom stereocenters. The molecule has 11 heteroatoms. The average Bonchev–Trinajstić information content (AvgIpc) is 3.27. The summed E-state index contributed by atoms with van der Waals surface area (Å²) in [5, 5.41) is 26.1. The average molecular weight is 518 g/mol. The SMILES string of the molecule is CCN(CC)c1ccc(-n2nc3cc(C)c(NC(=S)NC(=O)c4ccccc4[N+](=O)[O-])cc3n2)c(C)c1. The molecule has 0 unspecified atom stereocenters. The van der Waals surface area contributed by atoms with Gasteiger partial charge < -0.3 is 10.2 Å². The van der Waals surface area contributed by atoms with Gasteiger partial charge in [0.05, 0.1) is 10.6 Å². The Hall–Kier alpha value is -4.38. The van der Waals surface area contributed by atoms with Crippen LogP contribution >= 0.6 is 12.2 Å². The van der Waals surface area contributed by atoms with Gasteiger partial charge in [-0.1, -0.05) is 12.1 Å². The zero-order chi connectivity index (χ0) is 26.7. The summed E-state index contributed by atoms with van der Waals surface area (Å²) in [5.74, 6) is -0.668. The van der Waals surface area contributed by atoms with E-state index < -0.39 is 10.8 Å². The standard InChI is InChI=1S/C26H27N7O3S/c1-5-31(6-2)18-11-12-23(17(4)13-18)32-29-21-14-16(3)20(15-22(21)30-32)27-26(37)28-25(34)19-9-7-8-10-24(19)33(35)36/h7-15H,5-6H2,1-4H3,(H2,27,28,34,37). The molecular formula is C26H27N7O3S. The molecule has 4 rings (SSSR count). The predicted octanol–water partition coefficient (Wildman–Crippen LogP) is 4.92. The number of carbonyl (C=O) groups is 1. The van der Waals surface area contributed by atoms with Crippen molar-refractivity contribution in [3.63, 3.8) is 0 Å². The van der Waals surface area contributed by atoms with Crippen molar-refractivity contribution in [2.45, 2.75) is 27.7 Å². The number of aromatic nitrogens is 3. The topological polar surface area (TPSA) is 118 Å². The van der Waals surface area contributed by atoms with Crippen molar-refractivity contribution in [2.24, 2.45) is 0 Å². The van der Waals surface area contributed by atoms with E-state index in [4.69, 9.17) is 12.2 Å². The second-order valence-electron chi connectivity index (χ2n) is 8.47. The summed E-state index contributed by atoms with van der Waals surface area (Å²) < 4.78 is 0. The van der Waals surface area contributed by atoms with Gasteiger partial charge in [-0.3, -0.25) is 20.2 Å². The third kappa shape index (κ3) is 5.41. The lowest BCUT2D eigenvalue weighted by Crippen LogP contribution is -2.34. The Morgan fingerprint density at radius 2 is 1.70 bits per heavy atom. The third-order valence-corrected chi connectivity index (χ3v) is 6.28. The van der Waals surface area contributed by atoms with Crippen LogP contribution in [0.15, 0.2) is 54.6 Å². The Labute approximate surface area is 219 Å². The maximum absolute atomic E-state index is 12.6. The molecule has 0 bridgehead atoms. The second-order valence-corrected chi connectivity index (χ2v) is 8.88. The van der Waals surface area contributed by atoms with Crippen molar-refractivity contribution in [1.29, 1.82) is 0 Å². The number of para-hydroxylation sites is 1. The van der Waals surface area contributed by atoms with Gasteiger partial charge in [0.1, 0.15) is 16.6 Å². The van der Waals surface area contributed by atoms with Crippen molar-refractivity contribution >= 4 is 51.3 Å². The molecule has 37 heavy (non-hydrogen) atoms. The van der Waals surface area contributed by atoms with Crippen LogP contribution in [0, 0.1) is 24.0 Å². The van der Waals surface area contributed by atoms with Gasteiger partial charge in [-0.2, -0.15) is 4.80 Å². The molecule has 190 valence electrons. The molecule has 10 nitrogen and oxygen atoms in total. The van der Waals surface area contributed by atoms with Crippen molar-refractivity contribution in [3.05, 3.63) is 81.4 Å². The molecule has 0 saturated carbocycles. The smallest absolute Gasteiger partial charge is 0.282 e. The molecule has 0 spiro atoms. The van der Waals surface area contributed by atoms with Crippen molar-refractivity contribution in [3.8, 4) is 5.69 Å². The Morgan fingerprint density at radius 1 is 1.03 bits per heavy atom. The predicted molar refractivity (Wildman–Crippen MR) is 149 cm³/mol. The van der Waals surface area contributed by atoms with Crippen LogP contribution in [0.5, 0.6) is 0 Å². The van der Waals surface area contributed by atoms with Crippen LogP contribution in [-0.2, 0) is 0 Å². The van der Waals surface area contributed by atoms with E-state index in [1.807, 2.05) is 26.0 Å². The third-order valence-electron chi connectivity index (χ3n) is 6.07. The maximum Gasteiger partial charge on any atom is 0.282 e. The van der Waals surface area contributed by atoms with Crippen LogP contribution in [0.2, 0.25) is 0 Å². The minimum atomic E-state index is -0.668. The summed E-state index contributed by atoms with van der Waals surface area (Å²) in [6.45, 7) is 10.0. The maximum atomic E-state index is 12.6. The number of nitro groups is 1. The van der Waals surface area contributed by atoms with Crippen LogP contribution in [0.3, 0.4) is 0 Å². The number of amides is 1. The summed E-state index contributed by atoms with van der Waals surface area (Å²) in [6.07, 6.45) is 0. The van der Waals surface area contributed by atoms with Crippen molar-refractivity contribution in [1.82, 2.24) is 20.3 Å². The van der Waals surface area contributed by atoms with E-state index in [-0.39, 0.29) is 16.4 Å². The monoisotopic (exact) mass is 517 g/mol. The molecule has 0 aliphatic heterocycles. The number of nitrogens with zero attached hydrogens (tertiary/aromatic N) is 5. The summed E-state index contributed by atoms with van der Waals surface area (Å²) in [4.78, 5) is 27.1. The molecule has 1 amide bonds. The fourth-order valence-corrected chi connectivity index (χ4v) is 4.31. The van der Waals surface area contributed by atoms with E-state index in [1.165, 1.54) is 18.2 Å². The number of thiocarbonyl (C=S) groups is 1. The van der Waals surface area contributed by atoms with Gasteiger partial charge in [0.15, 0.2) is 5.11 Å². The van der Waals surface area contributed by atoms with E-state index in [2.05, 4.69) is 51.7 Å². The number of hydrogen-bond acceptors (Lipinski definition) is 7. The van der Waals surface area contributed by atoms with Gasteiger partial charge >= 0.3 is 0 Å². The fourth-order valence-electron chi connectivity index (χ4n) is 4.11. The number of nitrogens with one attached hydrogen (secondary N) is 2. The number of aryl methyl sites for hydroxylation is 2. The largest absolute Gasteiger partial charge is 0.372 e. The molecule has 0 fully saturated rings. The molecule has 1 aromatic heterocycles. The first-order valence-electron chi connectivity index (χ1n) is 11.8. The van der Waals surface area contributed by atoms with Gasteiger partial charge in [0.25, 0.3) is 11.6 Å². The summed E-state index contributed by atoms with van der Waals surface area (Å²) in [5.41, 5.74) is 5.56. The molecule has 3 aromatic carbocycles. The van der Waals surface area contributed by atoms with Crippen molar-refractivity contribution in [2.75, 3.05) is 23.3 Å². The lowest BCUT2D eigenvalue weighted by atomic mass is 10.1. The Bertz CT molecular complexity index is 1510. The van der Waals surface area contributed by atoms with Gasteiger partial charge in [-0.25, -0.2) is 0 Å². The van der Waals surface area contributed by atoms with E-state index in [9.17, 15) is 14.9 Å². The summed E-state index contributed by atoms with van der Waals surface area (Å²) >= 11 is 5.30. The zero-order valence-corrected chi connectivity index (χ0v) is 21.8. The van der Waals surface area contributed by atoms with E-state index in [1.54, 1.807) is 16.9 Å². The number of hydrogen-bond donors (Lipinski definition) is 2. The molecule has 4 aromatic rings. The lowest BCUT2D eigenvalue weighted by molar-refractivity contribution is -0.385. The van der Waals surface area contributed by atoms with Crippen LogP contribution in [-0.4, -0.2) is 44.0 Å². The molecule has 0 saturated heterocycles. The fraction of sp³-hybridized carbons (Fsp3) is 0.231. The first-order chi connectivity index (χ1) is 17.7. The lowest BCUT2D eigenvalue weighted by Gasteiger charge is -2.22. The molecule has 0 radical (unpaired) electrons. The Morgan fingerprint density at radius 3 is 2.35 bits per heavy atom. The number of fused-ring (bicyclic) bond motifs is 1. The van der Waals surface area contributed by atoms with E-state index in [0.717, 1.165) is 35.6 Å². The number of anilines is 2. The molecular weight excluding hydrogens is 490 g/mol. The van der Waals surface area contributed by atoms with Crippen LogP contribution < -0.4 is 15.5 Å². The molecule has 1 heterocycles. The Kier molecular flexibility index (Phi) is 7.44. The van der Waals surface area contributed by atoms with E-state index >= 15 is 0 Å². The van der Waals surface area contributed by atoms with Crippen LogP contribution in [0.1, 0.15) is 35.3 Å². The van der Waals surface area contributed by atoms with E-state index in [0.29, 0.717) is 16.7 Å². The number of carbonyl (C=O) groups excluding carboxylic acids is 1. The zero-order valence-electron chi connectivity index (χ0n) is 21.0. The molecule has 2 N–H and O–H groups in total. The number of rotatable bonds is 7. The first-order valence-corrected chi connectivity index (χ1v) is 12.2. The molecule has 0 aliphatic rings. The minimum Gasteiger partial charge on any atom is -0.372 e. The number of benzene rings is 3.